The molecule has 3 nitrogen and oxygen atoms in total. The standard InChI is InChI=1S/C6H11ClO3S/c1-6(4-3-5-7)10-11(2,8)9/h1,3-5H2,2H3. The largest absolute Gasteiger partial charge is 0.388 e. The molecule has 0 unspecified atom stereocenters. The van der Waals surface area contributed by atoms with Crippen LogP contribution in [0.25, 0.3) is 0 Å². The van der Waals surface area contributed by atoms with Gasteiger partial charge in [-0.25, -0.2) is 0 Å². The average Bonchev–Trinajstić information content (AvgIpc) is 1.79. The number of allylic oxidation sites excluding steroid dienone is 1. The molecule has 66 valence electrons. The molecule has 0 saturated carbocycles. The fourth-order valence-corrected chi connectivity index (χ4v) is 1.16. The normalized spacial score (nSPS) is 11.1. The molecule has 0 aromatic rings. The monoisotopic (exact) mass is 198 g/mol. The van der Waals surface area contributed by atoms with Crippen molar-refractivity contribution in [3.63, 3.8) is 0 Å². The minimum absolute atomic E-state index is 0.244. The van der Waals surface area contributed by atoms with Crippen molar-refractivity contribution in [2.45, 2.75) is 12.8 Å². The maximum Gasteiger partial charge on any atom is 0.305 e. The Morgan fingerprint density at radius 2 is 2.18 bits per heavy atom. The fraction of sp³-hybridized carbons (Fsp3) is 0.667. The SMILES string of the molecule is C=C(CCCCl)OS(C)(=O)=O. The van der Waals surface area contributed by atoms with Gasteiger partial charge in [-0.3, -0.25) is 0 Å². The number of hydrogen-bond donors (Lipinski definition) is 0. The van der Waals surface area contributed by atoms with Crippen molar-refractivity contribution < 1.29 is 12.6 Å². The van der Waals surface area contributed by atoms with Crippen LogP contribution in [-0.2, 0) is 14.3 Å². The molecule has 0 spiro atoms. The number of hydrogen-bond acceptors (Lipinski definition) is 3. The van der Waals surface area contributed by atoms with Crippen LogP contribution in [0, 0.1) is 0 Å². The van der Waals surface area contributed by atoms with E-state index in [0.29, 0.717) is 18.7 Å². The lowest BCUT2D eigenvalue weighted by molar-refractivity contribution is 0.396. The molecule has 0 atom stereocenters. The molecule has 11 heavy (non-hydrogen) atoms. The summed E-state index contributed by atoms with van der Waals surface area (Å²) in [6, 6.07) is 0. The van der Waals surface area contributed by atoms with Crippen molar-refractivity contribution >= 4 is 21.7 Å². The Morgan fingerprint density at radius 1 is 1.64 bits per heavy atom. The third kappa shape index (κ3) is 7.68. The summed E-state index contributed by atoms with van der Waals surface area (Å²) >= 11 is 5.37. The van der Waals surface area contributed by atoms with Gasteiger partial charge in [0.05, 0.1) is 6.26 Å². The summed E-state index contributed by atoms with van der Waals surface area (Å²) in [6.07, 6.45) is 2.14. The smallest absolute Gasteiger partial charge is 0.305 e. The second kappa shape index (κ2) is 4.62. The molecular weight excluding hydrogens is 188 g/mol. The quantitative estimate of drug-likeness (QED) is 0.382. The average molecular weight is 199 g/mol. The van der Waals surface area contributed by atoms with E-state index in [1.54, 1.807) is 0 Å². The van der Waals surface area contributed by atoms with Crippen molar-refractivity contribution in [3.05, 3.63) is 12.3 Å². The molecule has 0 fully saturated rings. The molecule has 5 heteroatoms. The highest BCUT2D eigenvalue weighted by Crippen LogP contribution is 2.07. The Labute approximate surface area is 72.1 Å². The summed E-state index contributed by atoms with van der Waals surface area (Å²) < 4.78 is 25.4. The molecule has 0 amide bonds. The van der Waals surface area contributed by atoms with Gasteiger partial charge >= 0.3 is 10.1 Å². The van der Waals surface area contributed by atoms with E-state index < -0.39 is 10.1 Å². The maximum absolute atomic E-state index is 10.5. The number of rotatable bonds is 5. The van der Waals surface area contributed by atoms with E-state index in [-0.39, 0.29) is 5.76 Å². The molecule has 0 aliphatic carbocycles. The van der Waals surface area contributed by atoms with Gasteiger partial charge in [-0.1, -0.05) is 6.58 Å². The maximum atomic E-state index is 10.5. The van der Waals surface area contributed by atoms with Gasteiger partial charge in [-0.15, -0.1) is 11.6 Å². The van der Waals surface area contributed by atoms with Gasteiger partial charge in [0, 0.05) is 12.3 Å². The first-order chi connectivity index (χ1) is 4.95. The van der Waals surface area contributed by atoms with E-state index in [4.69, 9.17) is 11.6 Å². The van der Waals surface area contributed by atoms with Crippen LogP contribution in [0.15, 0.2) is 12.3 Å². The number of alkyl halides is 1. The molecule has 0 N–H and O–H groups in total. The van der Waals surface area contributed by atoms with Gasteiger partial charge in [0.2, 0.25) is 0 Å². The Morgan fingerprint density at radius 3 is 2.55 bits per heavy atom. The second-order valence-electron chi connectivity index (χ2n) is 2.12. The van der Waals surface area contributed by atoms with Crippen molar-refractivity contribution in [1.82, 2.24) is 0 Å². The molecular formula is C6H11ClO3S. The van der Waals surface area contributed by atoms with Crippen molar-refractivity contribution in [2.75, 3.05) is 12.1 Å². The zero-order valence-corrected chi connectivity index (χ0v) is 7.91. The lowest BCUT2D eigenvalue weighted by atomic mass is 10.3. The Kier molecular flexibility index (Phi) is 4.52. The van der Waals surface area contributed by atoms with Gasteiger partial charge in [-0.2, -0.15) is 8.42 Å². The summed E-state index contributed by atoms with van der Waals surface area (Å²) in [5, 5.41) is 0. The van der Waals surface area contributed by atoms with Crippen molar-refractivity contribution in [1.29, 1.82) is 0 Å². The topological polar surface area (TPSA) is 43.4 Å². The zero-order valence-electron chi connectivity index (χ0n) is 6.34. The molecule has 0 aromatic carbocycles. The second-order valence-corrected chi connectivity index (χ2v) is 4.07. The number of halogens is 1. The van der Waals surface area contributed by atoms with Gasteiger partial charge < -0.3 is 4.18 Å². The van der Waals surface area contributed by atoms with Crippen molar-refractivity contribution in [3.8, 4) is 0 Å². The summed E-state index contributed by atoms with van der Waals surface area (Å²) in [5.74, 6) is 0.722. The van der Waals surface area contributed by atoms with Crippen LogP contribution in [0.3, 0.4) is 0 Å². The van der Waals surface area contributed by atoms with E-state index in [0.717, 1.165) is 6.26 Å². The molecule has 0 aromatic heterocycles. The predicted molar refractivity (Wildman–Crippen MR) is 45.0 cm³/mol. The van der Waals surface area contributed by atoms with Gasteiger partial charge in [0.25, 0.3) is 0 Å². The minimum Gasteiger partial charge on any atom is -0.388 e. The van der Waals surface area contributed by atoms with Crippen LogP contribution < -0.4 is 0 Å². The highest BCUT2D eigenvalue weighted by Gasteiger charge is 2.03. The van der Waals surface area contributed by atoms with Crippen LogP contribution in [0.2, 0.25) is 0 Å². The van der Waals surface area contributed by atoms with Crippen LogP contribution in [0.5, 0.6) is 0 Å². The van der Waals surface area contributed by atoms with E-state index in [1.165, 1.54) is 0 Å². The highest BCUT2D eigenvalue weighted by molar-refractivity contribution is 7.86. The molecule has 0 rings (SSSR count). The molecule has 0 bridgehead atoms. The third-order valence-corrected chi connectivity index (χ3v) is 1.66. The zero-order chi connectivity index (χ0) is 8.91. The first-order valence-electron chi connectivity index (χ1n) is 3.09. The lowest BCUT2D eigenvalue weighted by Crippen LogP contribution is -2.01. The molecule has 0 aliphatic rings. The van der Waals surface area contributed by atoms with Crippen LogP contribution in [0.1, 0.15) is 12.8 Å². The van der Waals surface area contributed by atoms with Gasteiger partial charge in [-0.05, 0) is 6.42 Å². The summed E-state index contributed by atoms with van der Waals surface area (Å²) in [5.41, 5.74) is 0. The van der Waals surface area contributed by atoms with E-state index in [2.05, 4.69) is 10.8 Å². The Hall–Kier alpha value is -0.220. The Bertz CT molecular complexity index is 220. The van der Waals surface area contributed by atoms with Crippen molar-refractivity contribution in [2.24, 2.45) is 0 Å². The first-order valence-corrected chi connectivity index (χ1v) is 5.44. The third-order valence-electron chi connectivity index (χ3n) is 0.858. The van der Waals surface area contributed by atoms with Crippen LogP contribution >= 0.6 is 11.6 Å². The van der Waals surface area contributed by atoms with Gasteiger partial charge in [0.1, 0.15) is 5.76 Å². The summed E-state index contributed by atoms with van der Waals surface area (Å²) in [7, 11) is -3.40. The Balaban J connectivity index is 3.71. The van der Waals surface area contributed by atoms with E-state index >= 15 is 0 Å². The minimum atomic E-state index is -3.40. The molecule has 0 saturated heterocycles. The molecule has 0 radical (unpaired) electrons. The first kappa shape index (κ1) is 10.8. The van der Waals surface area contributed by atoms with Crippen LogP contribution in [0.4, 0.5) is 0 Å². The molecule has 0 aliphatic heterocycles. The van der Waals surface area contributed by atoms with E-state index in [1.807, 2.05) is 0 Å². The van der Waals surface area contributed by atoms with Crippen LogP contribution in [-0.4, -0.2) is 20.6 Å². The summed E-state index contributed by atoms with van der Waals surface area (Å²) in [4.78, 5) is 0. The van der Waals surface area contributed by atoms with E-state index in [9.17, 15) is 8.42 Å². The molecule has 0 heterocycles. The predicted octanol–water partition coefficient (Wildman–Crippen LogP) is 1.50. The van der Waals surface area contributed by atoms with Gasteiger partial charge in [0.15, 0.2) is 0 Å². The fourth-order valence-electron chi connectivity index (χ4n) is 0.520. The lowest BCUT2D eigenvalue weighted by Gasteiger charge is -2.03. The summed E-state index contributed by atoms with van der Waals surface area (Å²) in [6.45, 7) is 3.42. The highest BCUT2D eigenvalue weighted by atomic mass is 35.5.